The Hall–Kier alpha value is -1.43. The summed E-state index contributed by atoms with van der Waals surface area (Å²) in [5, 5.41) is 0. The Morgan fingerprint density at radius 3 is 1.53 bits per heavy atom. The first-order valence-corrected chi connectivity index (χ1v) is 7.44. The van der Waals surface area contributed by atoms with Gasteiger partial charge in [-0.05, 0) is 0 Å². The number of hydrogen-bond donors (Lipinski definition) is 0. The Balaban J connectivity index is 2.37. The van der Waals surface area contributed by atoms with E-state index >= 15 is 0 Å². The van der Waals surface area contributed by atoms with E-state index in [0.29, 0.717) is 0 Å². The summed E-state index contributed by atoms with van der Waals surface area (Å²) in [4.78, 5) is 21.8. The van der Waals surface area contributed by atoms with Crippen molar-refractivity contribution >= 4 is 40.7 Å². The summed E-state index contributed by atoms with van der Waals surface area (Å²) in [6.07, 6.45) is 1.76. The summed E-state index contributed by atoms with van der Waals surface area (Å²) in [6, 6.07) is 15.1. The van der Waals surface area contributed by atoms with Crippen molar-refractivity contribution in [1.29, 1.82) is 0 Å². The van der Waals surface area contributed by atoms with E-state index in [1.165, 1.54) is 0 Å². The minimum absolute atomic E-state index is 0.688. The van der Waals surface area contributed by atoms with Crippen molar-refractivity contribution in [3.63, 3.8) is 0 Å². The van der Waals surface area contributed by atoms with Crippen LogP contribution in [0.5, 0.6) is 0 Å². The third kappa shape index (κ3) is 2.82. The summed E-state index contributed by atoms with van der Waals surface area (Å²) in [7, 11) is 0. The number of carbonyl (C=O) groups excluding carboxylic acids is 2. The Morgan fingerprint density at radius 1 is 0.706 bits per heavy atom. The van der Waals surface area contributed by atoms with Gasteiger partial charge in [0.25, 0.3) is 0 Å². The molecule has 0 heterocycles. The van der Waals surface area contributed by atoms with E-state index in [-0.39, 0.29) is 0 Å². The summed E-state index contributed by atoms with van der Waals surface area (Å²) < 4.78 is 2.14. The molecule has 0 aliphatic rings. The third-order valence-corrected chi connectivity index (χ3v) is 5.69. The zero-order valence-electron chi connectivity index (χ0n) is 9.00. The van der Waals surface area contributed by atoms with E-state index in [1.54, 1.807) is 0 Å². The quantitative estimate of drug-likeness (QED) is 0.615. The molecule has 0 unspecified atom stereocenters. The fourth-order valence-electron chi connectivity index (χ4n) is 1.46. The van der Waals surface area contributed by atoms with Crippen LogP contribution < -0.4 is 7.22 Å². The summed E-state index contributed by atoms with van der Waals surface area (Å²) >= 11 is -0.688. The third-order valence-electron chi connectivity index (χ3n) is 2.31. The molecule has 0 amide bonds. The molecule has 2 rings (SSSR count). The fourth-order valence-corrected chi connectivity index (χ4v) is 4.31. The second-order valence-electron chi connectivity index (χ2n) is 3.41. The summed E-state index contributed by atoms with van der Waals surface area (Å²) in [5.74, 6) is 0. The molecule has 0 aliphatic heterocycles. The first-order valence-electron chi connectivity index (χ1n) is 5.11. The molecule has 0 saturated heterocycles. The van der Waals surface area contributed by atoms with E-state index in [9.17, 15) is 9.59 Å². The van der Waals surface area contributed by atoms with Crippen molar-refractivity contribution in [1.82, 2.24) is 0 Å². The van der Waals surface area contributed by atoms with Crippen LogP contribution in [0.1, 0.15) is 20.7 Å². The van der Waals surface area contributed by atoms with Crippen LogP contribution >= 0.6 is 0 Å². The van der Waals surface area contributed by atoms with Crippen LogP contribution in [-0.2, 0) is 0 Å². The normalized spacial score (nSPS) is 9.88. The van der Waals surface area contributed by atoms with Crippen molar-refractivity contribution in [2.45, 2.75) is 0 Å². The molecule has 3 heteroatoms. The first kappa shape index (κ1) is 12.0. The summed E-state index contributed by atoms with van der Waals surface area (Å²) in [5.41, 5.74) is 1.46. The van der Waals surface area contributed by atoms with Gasteiger partial charge in [-0.15, -0.1) is 0 Å². The van der Waals surface area contributed by atoms with Gasteiger partial charge < -0.3 is 0 Å². The van der Waals surface area contributed by atoms with E-state index in [4.69, 9.17) is 0 Å². The predicted molar refractivity (Wildman–Crippen MR) is 68.7 cm³/mol. The zero-order chi connectivity index (χ0) is 12.1. The average molecular weight is 338 g/mol. The predicted octanol–water partition coefficient (Wildman–Crippen LogP) is 0.967. The Labute approximate surface area is 110 Å². The maximum atomic E-state index is 10.9. The Bertz CT molecular complexity index is 500. The number of rotatable bonds is 4. The van der Waals surface area contributed by atoms with E-state index < -0.39 is 20.9 Å². The van der Waals surface area contributed by atoms with Gasteiger partial charge in [-0.2, -0.15) is 0 Å². The average Bonchev–Trinajstić information content (AvgIpc) is 2.40. The van der Waals surface area contributed by atoms with Crippen LogP contribution in [0.25, 0.3) is 0 Å². The molecule has 2 nitrogen and oxygen atoms in total. The molecular formula is C14H10O2Te. The molecule has 0 N–H and O–H groups in total. The molecule has 0 bridgehead atoms. The molecule has 0 spiro atoms. The molecule has 0 aliphatic carbocycles. The van der Waals surface area contributed by atoms with Gasteiger partial charge in [0.05, 0.1) is 0 Å². The fraction of sp³-hybridized carbons (Fsp3) is 0. The Kier molecular flexibility index (Phi) is 4.08. The molecule has 84 valence electrons. The molecule has 0 saturated carbocycles. The minimum atomic E-state index is -0.688. The van der Waals surface area contributed by atoms with Gasteiger partial charge in [-0.1, -0.05) is 0 Å². The molecule has 0 radical (unpaired) electrons. The molecule has 0 fully saturated rings. The van der Waals surface area contributed by atoms with E-state index in [0.717, 1.165) is 30.9 Å². The van der Waals surface area contributed by atoms with Gasteiger partial charge in [-0.25, -0.2) is 0 Å². The SMILES string of the molecule is O=Cc1ccccc1[Te]c1ccccc1C=O. The van der Waals surface area contributed by atoms with Gasteiger partial charge >= 0.3 is 110 Å². The van der Waals surface area contributed by atoms with Gasteiger partial charge in [0, 0.05) is 0 Å². The maximum absolute atomic E-state index is 10.9. The molecule has 2 aromatic rings. The van der Waals surface area contributed by atoms with Gasteiger partial charge in [-0.3, -0.25) is 0 Å². The molecule has 0 aromatic heterocycles. The van der Waals surface area contributed by atoms with Gasteiger partial charge in [0.1, 0.15) is 0 Å². The van der Waals surface area contributed by atoms with Crippen LogP contribution in [0.15, 0.2) is 48.5 Å². The first-order chi connectivity index (χ1) is 8.35. The summed E-state index contributed by atoms with van der Waals surface area (Å²) in [6.45, 7) is 0. The van der Waals surface area contributed by atoms with Crippen LogP contribution in [0.3, 0.4) is 0 Å². The van der Waals surface area contributed by atoms with Crippen molar-refractivity contribution < 1.29 is 9.59 Å². The van der Waals surface area contributed by atoms with E-state index in [1.807, 2.05) is 48.5 Å². The topological polar surface area (TPSA) is 34.1 Å². The van der Waals surface area contributed by atoms with Crippen LogP contribution in [0.2, 0.25) is 0 Å². The van der Waals surface area contributed by atoms with Crippen molar-refractivity contribution in [3.05, 3.63) is 59.7 Å². The number of benzene rings is 2. The zero-order valence-corrected chi connectivity index (χ0v) is 11.3. The molecule has 17 heavy (non-hydrogen) atoms. The molecular weight excluding hydrogens is 328 g/mol. The molecule has 0 atom stereocenters. The van der Waals surface area contributed by atoms with Crippen LogP contribution in [0.4, 0.5) is 0 Å². The van der Waals surface area contributed by atoms with Crippen LogP contribution in [-0.4, -0.2) is 33.5 Å². The monoisotopic (exact) mass is 340 g/mol. The van der Waals surface area contributed by atoms with Crippen LogP contribution in [0, 0.1) is 0 Å². The molecule has 2 aromatic carbocycles. The van der Waals surface area contributed by atoms with E-state index in [2.05, 4.69) is 0 Å². The van der Waals surface area contributed by atoms with Crippen molar-refractivity contribution in [3.8, 4) is 0 Å². The number of aldehydes is 2. The number of carbonyl (C=O) groups is 2. The van der Waals surface area contributed by atoms with Crippen molar-refractivity contribution in [2.75, 3.05) is 0 Å². The van der Waals surface area contributed by atoms with Gasteiger partial charge in [0.15, 0.2) is 0 Å². The second-order valence-corrected chi connectivity index (χ2v) is 6.51. The Morgan fingerprint density at radius 2 is 1.12 bits per heavy atom. The standard InChI is InChI=1S/C14H10O2Te/c15-9-11-5-1-3-7-13(11)17-14-8-4-2-6-12(14)10-16/h1-10H. The second kappa shape index (κ2) is 5.77. The van der Waals surface area contributed by atoms with Gasteiger partial charge in [0.2, 0.25) is 0 Å². The van der Waals surface area contributed by atoms with Crippen molar-refractivity contribution in [2.24, 2.45) is 0 Å². The number of hydrogen-bond acceptors (Lipinski definition) is 2.